The third kappa shape index (κ3) is 2.38. The second kappa shape index (κ2) is 5.06. The molecule has 18 heavy (non-hydrogen) atoms. The predicted octanol–water partition coefficient (Wildman–Crippen LogP) is 1.04. The van der Waals surface area contributed by atoms with Crippen LogP contribution in [0, 0.1) is 11.8 Å². The molecule has 1 aliphatic heterocycles. The first-order chi connectivity index (χ1) is 8.50. The van der Waals surface area contributed by atoms with E-state index in [9.17, 15) is 9.59 Å². The van der Waals surface area contributed by atoms with Crippen molar-refractivity contribution in [1.29, 1.82) is 0 Å². The fourth-order valence-electron chi connectivity index (χ4n) is 2.22. The van der Waals surface area contributed by atoms with Crippen molar-refractivity contribution in [1.82, 2.24) is 9.88 Å². The van der Waals surface area contributed by atoms with E-state index >= 15 is 0 Å². The summed E-state index contributed by atoms with van der Waals surface area (Å²) < 4.78 is 0.658. The molecule has 1 saturated heterocycles. The van der Waals surface area contributed by atoms with Crippen molar-refractivity contribution in [2.45, 2.75) is 6.92 Å². The SMILES string of the molecule is C[C@@H]1CN(C(=O)c2ccncc2Br)C[C@H]1C(N)=O. The molecule has 0 aliphatic carbocycles. The van der Waals surface area contributed by atoms with Crippen LogP contribution in [0.5, 0.6) is 0 Å². The molecule has 2 amide bonds. The number of carbonyl (C=O) groups excluding carboxylic acids is 2. The van der Waals surface area contributed by atoms with E-state index in [1.54, 1.807) is 23.4 Å². The highest BCUT2D eigenvalue weighted by molar-refractivity contribution is 9.10. The summed E-state index contributed by atoms with van der Waals surface area (Å²) >= 11 is 3.30. The van der Waals surface area contributed by atoms with E-state index in [0.717, 1.165) is 0 Å². The van der Waals surface area contributed by atoms with E-state index in [4.69, 9.17) is 5.73 Å². The number of nitrogens with zero attached hydrogens (tertiary/aromatic N) is 2. The maximum Gasteiger partial charge on any atom is 0.255 e. The van der Waals surface area contributed by atoms with Crippen LogP contribution in [-0.4, -0.2) is 34.8 Å². The van der Waals surface area contributed by atoms with Crippen molar-refractivity contribution in [2.75, 3.05) is 13.1 Å². The Morgan fingerprint density at radius 3 is 2.78 bits per heavy atom. The Morgan fingerprint density at radius 2 is 2.22 bits per heavy atom. The number of likely N-dealkylation sites (tertiary alicyclic amines) is 1. The summed E-state index contributed by atoms with van der Waals surface area (Å²) in [4.78, 5) is 29.1. The number of hydrogen-bond donors (Lipinski definition) is 1. The molecule has 0 radical (unpaired) electrons. The third-order valence-corrected chi connectivity index (χ3v) is 3.90. The molecule has 5 nitrogen and oxygen atoms in total. The summed E-state index contributed by atoms with van der Waals surface area (Å²) in [6, 6.07) is 1.66. The van der Waals surface area contributed by atoms with Gasteiger partial charge < -0.3 is 10.6 Å². The number of halogens is 1. The summed E-state index contributed by atoms with van der Waals surface area (Å²) in [5, 5.41) is 0. The highest BCUT2D eigenvalue weighted by atomic mass is 79.9. The number of primary amides is 1. The summed E-state index contributed by atoms with van der Waals surface area (Å²) in [7, 11) is 0. The molecule has 1 aromatic heterocycles. The van der Waals surface area contributed by atoms with E-state index < -0.39 is 0 Å². The topological polar surface area (TPSA) is 76.3 Å². The van der Waals surface area contributed by atoms with Crippen LogP contribution in [-0.2, 0) is 4.79 Å². The predicted molar refractivity (Wildman–Crippen MR) is 69.7 cm³/mol. The van der Waals surface area contributed by atoms with Crippen LogP contribution in [0.2, 0.25) is 0 Å². The molecule has 0 unspecified atom stereocenters. The molecule has 2 N–H and O–H groups in total. The zero-order valence-electron chi connectivity index (χ0n) is 9.97. The number of aromatic nitrogens is 1. The van der Waals surface area contributed by atoms with Gasteiger partial charge in [-0.25, -0.2) is 0 Å². The lowest BCUT2D eigenvalue weighted by Crippen LogP contribution is -2.32. The summed E-state index contributed by atoms with van der Waals surface area (Å²) in [5.41, 5.74) is 5.88. The Bertz CT molecular complexity index is 492. The van der Waals surface area contributed by atoms with Gasteiger partial charge in [0.25, 0.3) is 5.91 Å². The molecule has 0 spiro atoms. The average Bonchev–Trinajstić information content (AvgIpc) is 2.71. The number of nitrogens with two attached hydrogens (primary N) is 1. The first kappa shape index (κ1) is 13.0. The summed E-state index contributed by atoms with van der Waals surface area (Å²) in [6.45, 7) is 2.88. The van der Waals surface area contributed by atoms with Crippen molar-refractivity contribution in [3.05, 3.63) is 28.5 Å². The van der Waals surface area contributed by atoms with Crippen LogP contribution < -0.4 is 5.73 Å². The summed E-state index contributed by atoms with van der Waals surface area (Å²) in [6.07, 6.45) is 3.15. The molecular weight excluding hydrogens is 298 g/mol. The quantitative estimate of drug-likeness (QED) is 0.886. The minimum absolute atomic E-state index is 0.0973. The number of pyridine rings is 1. The number of amides is 2. The molecule has 2 atom stereocenters. The monoisotopic (exact) mass is 311 g/mol. The molecule has 0 bridgehead atoms. The fraction of sp³-hybridized carbons (Fsp3) is 0.417. The molecule has 0 saturated carbocycles. The Labute approximate surface area is 113 Å². The van der Waals surface area contributed by atoms with Crippen molar-refractivity contribution >= 4 is 27.7 Å². The first-order valence-electron chi connectivity index (χ1n) is 5.68. The van der Waals surface area contributed by atoms with Gasteiger partial charge in [-0.1, -0.05) is 6.92 Å². The molecule has 2 heterocycles. The number of rotatable bonds is 2. The van der Waals surface area contributed by atoms with Gasteiger partial charge in [0.1, 0.15) is 0 Å². The first-order valence-corrected chi connectivity index (χ1v) is 6.48. The lowest BCUT2D eigenvalue weighted by Gasteiger charge is -2.16. The van der Waals surface area contributed by atoms with Crippen LogP contribution in [0.1, 0.15) is 17.3 Å². The Kier molecular flexibility index (Phi) is 3.65. The molecule has 0 aromatic carbocycles. The highest BCUT2D eigenvalue weighted by Gasteiger charge is 2.36. The Hall–Kier alpha value is -1.43. The molecular formula is C12H14BrN3O2. The van der Waals surface area contributed by atoms with Gasteiger partial charge in [-0.2, -0.15) is 0 Å². The van der Waals surface area contributed by atoms with Gasteiger partial charge in [-0.3, -0.25) is 14.6 Å². The largest absolute Gasteiger partial charge is 0.369 e. The second-order valence-corrected chi connectivity index (χ2v) is 5.41. The van der Waals surface area contributed by atoms with E-state index in [2.05, 4.69) is 20.9 Å². The van der Waals surface area contributed by atoms with Crippen LogP contribution in [0.25, 0.3) is 0 Å². The van der Waals surface area contributed by atoms with Crippen molar-refractivity contribution in [2.24, 2.45) is 17.6 Å². The van der Waals surface area contributed by atoms with Gasteiger partial charge in [0.15, 0.2) is 0 Å². The number of hydrogen-bond acceptors (Lipinski definition) is 3. The standard InChI is InChI=1S/C12H14BrN3O2/c1-7-5-16(6-9(7)11(14)17)12(18)8-2-3-15-4-10(8)13/h2-4,7,9H,5-6H2,1H3,(H2,14,17)/t7-,9-/m1/s1. The minimum Gasteiger partial charge on any atom is -0.369 e. The lowest BCUT2D eigenvalue weighted by atomic mass is 9.98. The Morgan fingerprint density at radius 1 is 1.50 bits per heavy atom. The van der Waals surface area contributed by atoms with Gasteiger partial charge in [0.2, 0.25) is 5.91 Å². The van der Waals surface area contributed by atoms with Crippen LogP contribution >= 0.6 is 15.9 Å². The highest BCUT2D eigenvalue weighted by Crippen LogP contribution is 2.25. The van der Waals surface area contributed by atoms with Gasteiger partial charge in [0.05, 0.1) is 11.5 Å². The maximum absolute atomic E-state index is 12.3. The molecule has 2 rings (SSSR count). The third-order valence-electron chi connectivity index (χ3n) is 3.27. The zero-order valence-corrected chi connectivity index (χ0v) is 11.6. The van der Waals surface area contributed by atoms with Crippen molar-refractivity contribution < 1.29 is 9.59 Å². The average molecular weight is 312 g/mol. The lowest BCUT2D eigenvalue weighted by molar-refractivity contribution is -0.122. The molecule has 1 aliphatic rings. The van der Waals surface area contributed by atoms with Gasteiger partial charge in [-0.15, -0.1) is 0 Å². The van der Waals surface area contributed by atoms with E-state index in [1.165, 1.54) is 0 Å². The van der Waals surface area contributed by atoms with Crippen molar-refractivity contribution in [3.8, 4) is 0 Å². The van der Waals surface area contributed by atoms with E-state index in [0.29, 0.717) is 23.1 Å². The second-order valence-electron chi connectivity index (χ2n) is 4.55. The van der Waals surface area contributed by atoms with Crippen LogP contribution in [0.4, 0.5) is 0 Å². The normalized spacial score (nSPS) is 23.1. The zero-order chi connectivity index (χ0) is 13.3. The van der Waals surface area contributed by atoms with Crippen LogP contribution in [0.3, 0.4) is 0 Å². The Balaban J connectivity index is 2.17. The van der Waals surface area contributed by atoms with Gasteiger partial charge in [-0.05, 0) is 27.9 Å². The molecule has 1 fully saturated rings. The molecule has 6 heteroatoms. The minimum atomic E-state index is -0.341. The summed E-state index contributed by atoms with van der Waals surface area (Å²) in [5.74, 6) is -0.590. The molecule has 96 valence electrons. The number of carbonyl (C=O) groups is 2. The van der Waals surface area contributed by atoms with Gasteiger partial charge in [0, 0.05) is 30.0 Å². The molecule has 1 aromatic rings. The maximum atomic E-state index is 12.3. The fourth-order valence-corrected chi connectivity index (χ4v) is 2.64. The van der Waals surface area contributed by atoms with Crippen molar-refractivity contribution in [3.63, 3.8) is 0 Å². The van der Waals surface area contributed by atoms with Crippen LogP contribution in [0.15, 0.2) is 22.9 Å². The van der Waals surface area contributed by atoms with E-state index in [-0.39, 0.29) is 23.7 Å². The van der Waals surface area contributed by atoms with E-state index in [1.807, 2.05) is 6.92 Å². The smallest absolute Gasteiger partial charge is 0.255 e. The van der Waals surface area contributed by atoms with Gasteiger partial charge >= 0.3 is 0 Å².